The number of aryl methyl sites for hydroxylation is 1. The van der Waals surface area contributed by atoms with Crippen molar-refractivity contribution in [2.75, 3.05) is 21.3 Å². The van der Waals surface area contributed by atoms with Crippen LogP contribution in [0.3, 0.4) is 0 Å². The Morgan fingerprint density at radius 3 is 1.84 bits per heavy atom. The van der Waals surface area contributed by atoms with Gasteiger partial charge in [0, 0.05) is 30.4 Å². The molecule has 38 heavy (non-hydrogen) atoms. The minimum absolute atomic E-state index is 0.247. The third-order valence-corrected chi connectivity index (χ3v) is 5.89. The van der Waals surface area contributed by atoms with Crippen molar-refractivity contribution in [1.29, 1.82) is 0 Å². The van der Waals surface area contributed by atoms with Gasteiger partial charge in [-0.25, -0.2) is 4.79 Å². The predicted octanol–water partition coefficient (Wildman–Crippen LogP) is 5.31. The van der Waals surface area contributed by atoms with E-state index in [1.165, 1.54) is 35.2 Å². The zero-order valence-corrected chi connectivity index (χ0v) is 21.8. The topological polar surface area (TPSA) is 110 Å². The second-order valence-electron chi connectivity index (χ2n) is 8.33. The van der Waals surface area contributed by atoms with Crippen LogP contribution in [0.5, 0.6) is 28.7 Å². The Labute approximate surface area is 218 Å². The van der Waals surface area contributed by atoms with Crippen LogP contribution in [0.1, 0.15) is 19.4 Å². The summed E-state index contributed by atoms with van der Waals surface area (Å²) in [6.07, 6.45) is 0. The fourth-order valence-corrected chi connectivity index (χ4v) is 4.29. The van der Waals surface area contributed by atoms with E-state index in [2.05, 4.69) is 0 Å². The molecule has 0 fully saturated rings. The van der Waals surface area contributed by atoms with Crippen molar-refractivity contribution in [2.24, 2.45) is 0 Å². The molecule has 0 saturated heterocycles. The van der Waals surface area contributed by atoms with E-state index in [4.69, 9.17) is 28.1 Å². The highest BCUT2D eigenvalue weighted by Crippen LogP contribution is 2.45. The molecule has 0 radical (unpaired) electrons. The zero-order chi connectivity index (χ0) is 27.6. The van der Waals surface area contributed by atoms with Crippen LogP contribution in [0.25, 0.3) is 33.2 Å². The van der Waals surface area contributed by atoms with E-state index in [1.54, 1.807) is 55.5 Å². The van der Waals surface area contributed by atoms with E-state index in [0.29, 0.717) is 50.6 Å². The first-order chi connectivity index (χ1) is 18.2. The second-order valence-corrected chi connectivity index (χ2v) is 8.33. The Morgan fingerprint density at radius 2 is 1.32 bits per heavy atom. The second kappa shape index (κ2) is 10.7. The molecule has 1 aromatic heterocycles. The number of esters is 2. The molecule has 0 spiro atoms. The molecule has 9 heteroatoms. The number of carbonyl (C=O) groups is 2. The maximum Gasteiger partial charge on any atom is 0.344 e. The van der Waals surface area contributed by atoms with E-state index in [-0.39, 0.29) is 16.9 Å². The van der Waals surface area contributed by atoms with Gasteiger partial charge in [0.05, 0.1) is 26.9 Å². The first-order valence-corrected chi connectivity index (χ1v) is 11.6. The minimum Gasteiger partial charge on any atom is -0.493 e. The average Bonchev–Trinajstić information content (AvgIpc) is 2.89. The Bertz CT molecular complexity index is 1570. The Balaban J connectivity index is 2.09. The van der Waals surface area contributed by atoms with E-state index in [9.17, 15) is 14.4 Å². The average molecular weight is 519 g/mol. The normalized spacial score (nSPS) is 10.7. The van der Waals surface area contributed by atoms with Crippen molar-refractivity contribution in [1.82, 2.24) is 0 Å². The first-order valence-electron chi connectivity index (χ1n) is 11.6. The maximum atomic E-state index is 13.6. The molecule has 0 aliphatic carbocycles. The fourth-order valence-electron chi connectivity index (χ4n) is 4.29. The van der Waals surface area contributed by atoms with Crippen LogP contribution in [0.15, 0.2) is 57.7 Å². The molecule has 0 atom stereocenters. The molecule has 1 heterocycles. The van der Waals surface area contributed by atoms with Gasteiger partial charge in [-0.05, 0) is 54.4 Å². The summed E-state index contributed by atoms with van der Waals surface area (Å²) in [7, 11) is 4.46. The number of fused-ring (bicyclic) bond motifs is 1. The number of rotatable bonds is 7. The van der Waals surface area contributed by atoms with Crippen LogP contribution in [0, 0.1) is 6.92 Å². The van der Waals surface area contributed by atoms with E-state index in [0.717, 1.165) is 0 Å². The summed E-state index contributed by atoms with van der Waals surface area (Å²) in [6.45, 7) is 4.32. The maximum absolute atomic E-state index is 13.6. The quantitative estimate of drug-likeness (QED) is 0.182. The Hall–Kier alpha value is -4.79. The van der Waals surface area contributed by atoms with Gasteiger partial charge in [0.1, 0.15) is 17.1 Å². The van der Waals surface area contributed by atoms with E-state index >= 15 is 0 Å². The SMILES string of the molecule is COc1cc(-c2c(-c3ccc(OC(C)=O)cc3)c3ccc(OC(C)=O)c(C)c3oc2=O)cc(OC)c1OC. The lowest BCUT2D eigenvalue weighted by molar-refractivity contribution is -0.132. The molecule has 0 N–H and O–H groups in total. The number of methoxy groups -OCH3 is 3. The molecule has 0 bridgehead atoms. The van der Waals surface area contributed by atoms with E-state index in [1.807, 2.05) is 0 Å². The summed E-state index contributed by atoms with van der Waals surface area (Å²) in [5.41, 5.74) is 2.05. The molecule has 0 unspecified atom stereocenters. The van der Waals surface area contributed by atoms with Crippen molar-refractivity contribution >= 4 is 22.9 Å². The van der Waals surface area contributed by atoms with Crippen molar-refractivity contribution in [3.05, 3.63) is 64.5 Å². The van der Waals surface area contributed by atoms with Crippen molar-refractivity contribution < 1.29 is 37.7 Å². The molecule has 4 rings (SSSR count). The van der Waals surface area contributed by atoms with Gasteiger partial charge in [0.25, 0.3) is 0 Å². The van der Waals surface area contributed by atoms with Gasteiger partial charge >= 0.3 is 17.6 Å². The fraction of sp³-hybridized carbons (Fsp3) is 0.207. The van der Waals surface area contributed by atoms with Crippen LogP contribution in [-0.4, -0.2) is 33.3 Å². The molecule has 3 aromatic carbocycles. The summed E-state index contributed by atoms with van der Waals surface area (Å²) in [4.78, 5) is 36.6. The van der Waals surface area contributed by atoms with Crippen LogP contribution in [0.4, 0.5) is 0 Å². The number of hydrogen-bond acceptors (Lipinski definition) is 9. The summed E-state index contributed by atoms with van der Waals surface area (Å²) >= 11 is 0. The molecule has 0 saturated carbocycles. The summed E-state index contributed by atoms with van der Waals surface area (Å²) in [6, 6.07) is 13.4. The van der Waals surface area contributed by atoms with Crippen molar-refractivity contribution in [3.8, 4) is 51.0 Å². The molecule has 0 amide bonds. The summed E-state index contributed by atoms with van der Waals surface area (Å²) < 4.78 is 32.7. The molecule has 196 valence electrons. The monoisotopic (exact) mass is 518 g/mol. The summed E-state index contributed by atoms with van der Waals surface area (Å²) in [5.74, 6) is 0.789. The lowest BCUT2D eigenvalue weighted by Gasteiger charge is -2.17. The molecule has 0 aliphatic heterocycles. The van der Waals surface area contributed by atoms with Gasteiger partial charge in [0.2, 0.25) is 5.75 Å². The van der Waals surface area contributed by atoms with Gasteiger partial charge in [-0.1, -0.05) is 12.1 Å². The lowest BCUT2D eigenvalue weighted by Crippen LogP contribution is -2.09. The molecule has 0 aliphatic rings. The summed E-state index contributed by atoms with van der Waals surface area (Å²) in [5, 5.41) is 0.599. The van der Waals surface area contributed by atoms with Gasteiger partial charge in [-0.3, -0.25) is 9.59 Å². The standard InChI is InChI=1S/C29H26O9/c1-15-22(37-17(3)31)12-11-21-25(18-7-9-20(10-8-18)36-16(2)30)26(29(32)38-27(15)21)19-13-23(33-4)28(35-6)24(14-19)34-5/h7-14H,1-6H3. The highest BCUT2D eigenvalue weighted by molar-refractivity contribution is 6.03. The Morgan fingerprint density at radius 1 is 0.711 bits per heavy atom. The third kappa shape index (κ3) is 4.90. The van der Waals surface area contributed by atoms with Gasteiger partial charge in [-0.15, -0.1) is 0 Å². The smallest absolute Gasteiger partial charge is 0.344 e. The molecule has 9 nitrogen and oxygen atoms in total. The van der Waals surface area contributed by atoms with Crippen LogP contribution >= 0.6 is 0 Å². The van der Waals surface area contributed by atoms with E-state index < -0.39 is 17.6 Å². The number of carbonyl (C=O) groups excluding carboxylic acids is 2. The van der Waals surface area contributed by atoms with Gasteiger partial charge in [-0.2, -0.15) is 0 Å². The lowest BCUT2D eigenvalue weighted by atomic mass is 9.91. The van der Waals surface area contributed by atoms with Crippen LogP contribution in [0.2, 0.25) is 0 Å². The van der Waals surface area contributed by atoms with Crippen molar-refractivity contribution in [3.63, 3.8) is 0 Å². The highest BCUT2D eigenvalue weighted by atomic mass is 16.5. The number of benzene rings is 3. The molecular weight excluding hydrogens is 492 g/mol. The van der Waals surface area contributed by atoms with Crippen LogP contribution < -0.4 is 29.3 Å². The highest BCUT2D eigenvalue weighted by Gasteiger charge is 2.24. The third-order valence-electron chi connectivity index (χ3n) is 5.89. The largest absolute Gasteiger partial charge is 0.493 e. The Kier molecular flexibility index (Phi) is 7.38. The first kappa shape index (κ1) is 26.3. The van der Waals surface area contributed by atoms with Crippen molar-refractivity contribution in [2.45, 2.75) is 20.8 Å². The number of hydrogen-bond donors (Lipinski definition) is 0. The minimum atomic E-state index is -0.631. The zero-order valence-electron chi connectivity index (χ0n) is 21.8. The van der Waals surface area contributed by atoms with Gasteiger partial charge in [0.15, 0.2) is 11.5 Å². The van der Waals surface area contributed by atoms with Crippen LogP contribution in [-0.2, 0) is 9.59 Å². The molecule has 4 aromatic rings. The predicted molar refractivity (Wildman–Crippen MR) is 140 cm³/mol. The number of ether oxygens (including phenoxy) is 5. The molecular formula is C29H26O9. The van der Waals surface area contributed by atoms with Gasteiger partial charge < -0.3 is 28.1 Å².